The molecule has 296 valence electrons. The summed E-state index contributed by atoms with van der Waals surface area (Å²) in [4.78, 5) is 13.6. The van der Waals surface area contributed by atoms with Gasteiger partial charge in [0.05, 0.1) is 11.1 Å². The fourth-order valence-electron chi connectivity index (χ4n) is 7.60. The molecule has 5 heteroatoms. The van der Waals surface area contributed by atoms with Crippen LogP contribution in [0.4, 0.5) is 0 Å². The third-order valence-electron chi connectivity index (χ3n) is 11.1. The van der Waals surface area contributed by atoms with Crippen LogP contribution in [0, 0.1) is 0 Å². The van der Waals surface area contributed by atoms with Crippen LogP contribution >= 0.6 is 0 Å². The van der Waals surface area contributed by atoms with Crippen LogP contribution in [0.25, 0.3) is 0 Å². The Kier molecular flexibility index (Phi) is 26.0. The molecule has 0 aliphatic heterocycles. The van der Waals surface area contributed by atoms with Gasteiger partial charge in [-0.05, 0) is 49.9 Å². The lowest BCUT2D eigenvalue weighted by Crippen LogP contribution is -2.05. The molecule has 0 atom stereocenters. The highest BCUT2D eigenvalue weighted by atomic mass is 16.3. The van der Waals surface area contributed by atoms with Crippen molar-refractivity contribution >= 4 is 5.78 Å². The Balaban J connectivity index is 1.69. The molecule has 0 unspecified atom stereocenters. The van der Waals surface area contributed by atoms with Crippen LogP contribution in [-0.2, 0) is 12.8 Å². The lowest BCUT2D eigenvalue weighted by Gasteiger charge is -2.14. The summed E-state index contributed by atoms with van der Waals surface area (Å²) >= 11 is 0. The van der Waals surface area contributed by atoms with Crippen molar-refractivity contribution in [3.8, 4) is 23.0 Å². The molecular formula is C47H78O5. The fourth-order valence-corrected chi connectivity index (χ4v) is 7.60. The SMILES string of the molecule is CCCCCCCCCCCCCCCCCc1c(O)ccc(C(=O)c2ccc(O)c(CCCCCCCCCCCCCCCCC)c2O)c1O. The molecule has 2 aromatic carbocycles. The highest BCUT2D eigenvalue weighted by molar-refractivity contribution is 6.13. The Labute approximate surface area is 319 Å². The first-order valence-electron chi connectivity index (χ1n) is 22.0. The Morgan fingerprint density at radius 3 is 0.846 bits per heavy atom. The van der Waals surface area contributed by atoms with Crippen molar-refractivity contribution in [1.82, 2.24) is 0 Å². The quantitative estimate of drug-likeness (QED) is 0.0426. The molecule has 0 saturated carbocycles. The number of benzene rings is 2. The van der Waals surface area contributed by atoms with Gasteiger partial charge >= 0.3 is 0 Å². The molecule has 0 spiro atoms. The number of carbonyl (C=O) groups is 1. The number of aromatic hydroxyl groups is 4. The second kappa shape index (κ2) is 29.7. The molecule has 2 rings (SSSR count). The van der Waals surface area contributed by atoms with E-state index < -0.39 is 5.78 Å². The maximum Gasteiger partial charge on any atom is 0.200 e. The summed E-state index contributed by atoms with van der Waals surface area (Å²) in [5.41, 5.74) is 0.897. The largest absolute Gasteiger partial charge is 0.508 e. The van der Waals surface area contributed by atoms with Gasteiger partial charge in [0.15, 0.2) is 5.78 Å². The van der Waals surface area contributed by atoms with E-state index >= 15 is 0 Å². The molecule has 0 bridgehead atoms. The van der Waals surface area contributed by atoms with Crippen LogP contribution in [0.1, 0.15) is 234 Å². The van der Waals surface area contributed by atoms with Gasteiger partial charge in [0.2, 0.25) is 0 Å². The molecule has 0 aliphatic rings. The third kappa shape index (κ3) is 18.9. The van der Waals surface area contributed by atoms with Crippen LogP contribution in [0.5, 0.6) is 23.0 Å². The van der Waals surface area contributed by atoms with Crippen LogP contribution < -0.4 is 0 Å². The molecule has 5 nitrogen and oxygen atoms in total. The van der Waals surface area contributed by atoms with Crippen molar-refractivity contribution in [3.63, 3.8) is 0 Å². The summed E-state index contributed by atoms with van der Waals surface area (Å²) in [6.45, 7) is 4.53. The highest BCUT2D eigenvalue weighted by Gasteiger charge is 2.23. The summed E-state index contributed by atoms with van der Waals surface area (Å²) in [5.74, 6) is -0.963. The van der Waals surface area contributed by atoms with E-state index in [1.165, 1.54) is 178 Å². The van der Waals surface area contributed by atoms with E-state index in [4.69, 9.17) is 0 Å². The molecule has 0 radical (unpaired) electrons. The second-order valence-electron chi connectivity index (χ2n) is 15.6. The van der Waals surface area contributed by atoms with Gasteiger partial charge < -0.3 is 20.4 Å². The Hall–Kier alpha value is -2.69. The zero-order valence-electron chi connectivity index (χ0n) is 33.6. The summed E-state index contributed by atoms with van der Waals surface area (Å²) in [6.07, 6.45) is 39.0. The normalized spacial score (nSPS) is 11.4. The molecule has 0 fully saturated rings. The van der Waals surface area contributed by atoms with Crippen LogP contribution in [0.15, 0.2) is 24.3 Å². The van der Waals surface area contributed by atoms with E-state index in [9.17, 15) is 25.2 Å². The van der Waals surface area contributed by atoms with E-state index in [0.717, 1.165) is 38.5 Å². The first-order valence-corrected chi connectivity index (χ1v) is 22.0. The van der Waals surface area contributed by atoms with E-state index in [-0.39, 0.29) is 34.1 Å². The highest BCUT2D eigenvalue weighted by Crippen LogP contribution is 2.38. The first-order chi connectivity index (χ1) is 25.4. The average Bonchev–Trinajstić information content (AvgIpc) is 3.13. The monoisotopic (exact) mass is 723 g/mol. The number of phenols is 4. The Morgan fingerprint density at radius 1 is 0.365 bits per heavy atom. The lowest BCUT2D eigenvalue weighted by atomic mass is 9.93. The number of phenolic OH excluding ortho intramolecular Hbond substituents is 4. The minimum atomic E-state index is -0.509. The topological polar surface area (TPSA) is 98.0 Å². The van der Waals surface area contributed by atoms with Gasteiger partial charge in [0.1, 0.15) is 23.0 Å². The minimum Gasteiger partial charge on any atom is -0.508 e. The molecule has 0 aliphatic carbocycles. The lowest BCUT2D eigenvalue weighted by molar-refractivity contribution is 0.103. The molecule has 0 heterocycles. The molecule has 2 aromatic rings. The number of unbranched alkanes of at least 4 members (excludes halogenated alkanes) is 28. The second-order valence-corrected chi connectivity index (χ2v) is 15.6. The van der Waals surface area contributed by atoms with Gasteiger partial charge in [0.25, 0.3) is 0 Å². The van der Waals surface area contributed by atoms with E-state index in [2.05, 4.69) is 13.8 Å². The van der Waals surface area contributed by atoms with Gasteiger partial charge in [-0.25, -0.2) is 0 Å². The summed E-state index contributed by atoms with van der Waals surface area (Å²) in [6, 6.07) is 5.76. The van der Waals surface area contributed by atoms with Crippen LogP contribution in [-0.4, -0.2) is 26.2 Å². The Bertz CT molecular complexity index is 1110. The molecule has 0 amide bonds. The standard InChI is InChI=1S/C47H78O5/c1-3-5-7-9-11-13-15-17-19-21-23-25-27-29-31-33-39-43(48)37-35-41(45(39)50)47(52)42-36-38-44(49)40(46(42)51)34-32-30-28-26-24-22-20-18-16-14-12-10-8-6-4-2/h35-38,48-51H,3-34H2,1-2H3. The predicted octanol–water partition coefficient (Wildman–Crippen LogP) is 14.6. The van der Waals surface area contributed by atoms with Crippen molar-refractivity contribution in [2.75, 3.05) is 0 Å². The minimum absolute atomic E-state index is 0.0109. The third-order valence-corrected chi connectivity index (χ3v) is 11.1. The first kappa shape index (κ1) is 45.5. The summed E-state index contributed by atoms with van der Waals surface area (Å²) in [7, 11) is 0. The Morgan fingerprint density at radius 2 is 0.596 bits per heavy atom. The van der Waals surface area contributed by atoms with Crippen molar-refractivity contribution < 1.29 is 25.2 Å². The van der Waals surface area contributed by atoms with Gasteiger partial charge in [0, 0.05) is 11.1 Å². The molecule has 0 saturated heterocycles. The number of carbonyl (C=O) groups excluding carboxylic acids is 1. The number of hydrogen-bond acceptors (Lipinski definition) is 5. The average molecular weight is 723 g/mol. The van der Waals surface area contributed by atoms with Crippen molar-refractivity contribution in [3.05, 3.63) is 46.5 Å². The maximum absolute atomic E-state index is 13.6. The van der Waals surface area contributed by atoms with E-state index in [1.54, 1.807) is 0 Å². The van der Waals surface area contributed by atoms with Gasteiger partial charge in [-0.1, -0.05) is 194 Å². The van der Waals surface area contributed by atoms with Crippen LogP contribution in [0.2, 0.25) is 0 Å². The van der Waals surface area contributed by atoms with Crippen LogP contribution in [0.3, 0.4) is 0 Å². The van der Waals surface area contributed by atoms with Gasteiger partial charge in [-0.3, -0.25) is 4.79 Å². The smallest absolute Gasteiger partial charge is 0.200 e. The molecule has 4 N–H and O–H groups in total. The molecular weight excluding hydrogens is 645 g/mol. The van der Waals surface area contributed by atoms with Crippen molar-refractivity contribution in [2.24, 2.45) is 0 Å². The van der Waals surface area contributed by atoms with E-state index in [1.807, 2.05) is 0 Å². The number of ketones is 1. The van der Waals surface area contributed by atoms with E-state index in [0.29, 0.717) is 24.0 Å². The van der Waals surface area contributed by atoms with Gasteiger partial charge in [-0.15, -0.1) is 0 Å². The summed E-state index contributed by atoms with van der Waals surface area (Å²) < 4.78 is 0. The number of hydrogen-bond donors (Lipinski definition) is 4. The zero-order valence-corrected chi connectivity index (χ0v) is 33.6. The molecule has 0 aromatic heterocycles. The van der Waals surface area contributed by atoms with Crippen molar-refractivity contribution in [2.45, 2.75) is 219 Å². The van der Waals surface area contributed by atoms with Crippen molar-refractivity contribution in [1.29, 1.82) is 0 Å². The summed E-state index contributed by atoms with van der Waals surface area (Å²) in [5, 5.41) is 43.2. The zero-order chi connectivity index (χ0) is 37.7. The maximum atomic E-state index is 13.6. The fraction of sp³-hybridized carbons (Fsp3) is 0.723. The molecule has 52 heavy (non-hydrogen) atoms. The van der Waals surface area contributed by atoms with Gasteiger partial charge in [-0.2, -0.15) is 0 Å². The number of rotatable bonds is 34. The predicted molar refractivity (Wildman–Crippen MR) is 220 cm³/mol.